The summed E-state index contributed by atoms with van der Waals surface area (Å²) in [5.41, 5.74) is 2.07. The zero-order valence-electron chi connectivity index (χ0n) is 7.26. The van der Waals surface area contributed by atoms with Gasteiger partial charge in [-0.1, -0.05) is 12.1 Å². The van der Waals surface area contributed by atoms with E-state index < -0.39 is 0 Å². The molecule has 0 saturated heterocycles. The quantitative estimate of drug-likeness (QED) is 0.832. The summed E-state index contributed by atoms with van der Waals surface area (Å²) in [6.45, 7) is 0.0639. The molecule has 74 valence electrons. The van der Waals surface area contributed by atoms with Gasteiger partial charge in [-0.05, 0) is 27.1 Å². The molecule has 0 spiro atoms. The van der Waals surface area contributed by atoms with E-state index in [1.165, 1.54) is 4.70 Å². The number of hydrogen-bond donors (Lipinski definition) is 1. The molecule has 4 heteroatoms. The Kier molecular flexibility index (Phi) is 3.12. The molecule has 0 radical (unpaired) electrons. The van der Waals surface area contributed by atoms with E-state index in [0.717, 1.165) is 21.0 Å². The first-order valence-electron chi connectivity index (χ1n) is 4.12. The van der Waals surface area contributed by atoms with Gasteiger partial charge < -0.3 is 5.11 Å². The number of aliphatic hydroxyl groups is 1. The van der Waals surface area contributed by atoms with E-state index in [4.69, 9.17) is 11.6 Å². The summed E-state index contributed by atoms with van der Waals surface area (Å²) in [6.07, 6.45) is 0. The molecule has 0 unspecified atom stereocenters. The summed E-state index contributed by atoms with van der Waals surface area (Å²) in [5.74, 6) is 0.509. The van der Waals surface area contributed by atoms with Crippen LogP contribution in [0.5, 0.6) is 0 Å². The smallest absolute Gasteiger partial charge is 0.0688 e. The number of thiophene rings is 1. The molecule has 1 nitrogen and oxygen atoms in total. The van der Waals surface area contributed by atoms with Crippen LogP contribution >= 0.6 is 38.9 Å². The molecule has 0 fully saturated rings. The molecule has 2 aromatic rings. The van der Waals surface area contributed by atoms with E-state index in [-0.39, 0.29) is 6.61 Å². The Morgan fingerprint density at radius 1 is 1.36 bits per heavy atom. The SMILES string of the molecule is OCc1ccc(CCl)c2scc(Br)c12. The number of benzene rings is 1. The zero-order chi connectivity index (χ0) is 10.1. The molecule has 0 amide bonds. The molecule has 2 rings (SSSR count). The third kappa shape index (κ3) is 1.58. The van der Waals surface area contributed by atoms with Gasteiger partial charge in [0.2, 0.25) is 0 Å². The molecule has 0 aliphatic rings. The van der Waals surface area contributed by atoms with Crippen LogP contribution in [0, 0.1) is 0 Å². The number of halogens is 2. The van der Waals surface area contributed by atoms with Gasteiger partial charge in [-0.3, -0.25) is 0 Å². The molecule has 1 heterocycles. The minimum Gasteiger partial charge on any atom is -0.392 e. The predicted molar refractivity (Wildman–Crippen MR) is 65.0 cm³/mol. The Morgan fingerprint density at radius 2 is 2.07 bits per heavy atom. The van der Waals surface area contributed by atoms with Crippen molar-refractivity contribution < 1.29 is 5.11 Å². The van der Waals surface area contributed by atoms with Crippen molar-refractivity contribution in [3.05, 3.63) is 33.1 Å². The van der Waals surface area contributed by atoms with Crippen LogP contribution in [0.1, 0.15) is 11.1 Å². The van der Waals surface area contributed by atoms with E-state index in [0.29, 0.717) is 5.88 Å². The van der Waals surface area contributed by atoms with Gasteiger partial charge in [0.05, 0.1) is 6.61 Å². The van der Waals surface area contributed by atoms with Gasteiger partial charge in [0, 0.05) is 25.8 Å². The van der Waals surface area contributed by atoms with E-state index in [2.05, 4.69) is 15.9 Å². The minimum absolute atomic E-state index is 0.0639. The van der Waals surface area contributed by atoms with E-state index >= 15 is 0 Å². The lowest BCUT2D eigenvalue weighted by molar-refractivity contribution is 0.283. The number of alkyl halides is 1. The topological polar surface area (TPSA) is 20.2 Å². The van der Waals surface area contributed by atoms with Crippen molar-refractivity contribution in [2.75, 3.05) is 0 Å². The number of rotatable bonds is 2. The number of hydrogen-bond acceptors (Lipinski definition) is 2. The molecule has 0 atom stereocenters. The average molecular weight is 292 g/mol. The van der Waals surface area contributed by atoms with Crippen molar-refractivity contribution in [3.63, 3.8) is 0 Å². The zero-order valence-corrected chi connectivity index (χ0v) is 10.4. The maximum atomic E-state index is 9.19. The van der Waals surface area contributed by atoms with Gasteiger partial charge in [-0.25, -0.2) is 0 Å². The van der Waals surface area contributed by atoms with Crippen LogP contribution in [-0.2, 0) is 12.5 Å². The van der Waals surface area contributed by atoms with Crippen molar-refractivity contribution in [3.8, 4) is 0 Å². The molecular weight excluding hydrogens is 284 g/mol. The third-order valence-electron chi connectivity index (χ3n) is 2.16. The van der Waals surface area contributed by atoms with Crippen molar-refractivity contribution in [2.24, 2.45) is 0 Å². The summed E-state index contributed by atoms with van der Waals surface area (Å²) in [6, 6.07) is 3.90. The fourth-order valence-corrected chi connectivity index (χ4v) is 3.63. The summed E-state index contributed by atoms with van der Waals surface area (Å²) in [4.78, 5) is 0. The van der Waals surface area contributed by atoms with Crippen LogP contribution in [0.15, 0.2) is 22.0 Å². The molecule has 0 aliphatic heterocycles. The predicted octanol–water partition coefficient (Wildman–Crippen LogP) is 3.89. The first kappa shape index (κ1) is 10.4. The second-order valence-electron chi connectivity index (χ2n) is 2.96. The molecule has 0 bridgehead atoms. The summed E-state index contributed by atoms with van der Waals surface area (Å²) < 4.78 is 2.20. The van der Waals surface area contributed by atoms with Gasteiger partial charge >= 0.3 is 0 Å². The fraction of sp³-hybridized carbons (Fsp3) is 0.200. The number of aliphatic hydroxyl groups excluding tert-OH is 1. The van der Waals surface area contributed by atoms with Gasteiger partial charge in [0.25, 0.3) is 0 Å². The van der Waals surface area contributed by atoms with Gasteiger partial charge in [-0.2, -0.15) is 0 Å². The van der Waals surface area contributed by atoms with Gasteiger partial charge in [-0.15, -0.1) is 22.9 Å². The third-order valence-corrected chi connectivity index (χ3v) is 4.43. The van der Waals surface area contributed by atoms with E-state index in [1.807, 2.05) is 17.5 Å². The molecule has 0 saturated carbocycles. The first-order chi connectivity index (χ1) is 6.77. The summed E-state index contributed by atoms with van der Waals surface area (Å²) in [7, 11) is 0. The normalized spacial score (nSPS) is 11.1. The average Bonchev–Trinajstić information content (AvgIpc) is 2.60. The first-order valence-corrected chi connectivity index (χ1v) is 6.33. The highest BCUT2D eigenvalue weighted by molar-refractivity contribution is 9.10. The highest BCUT2D eigenvalue weighted by Crippen LogP contribution is 2.35. The van der Waals surface area contributed by atoms with Crippen molar-refractivity contribution in [2.45, 2.75) is 12.5 Å². The second-order valence-corrected chi connectivity index (χ2v) is 4.96. The monoisotopic (exact) mass is 290 g/mol. The Hall–Kier alpha value is -0.0900. The fourth-order valence-electron chi connectivity index (χ4n) is 1.47. The highest BCUT2D eigenvalue weighted by Gasteiger charge is 2.09. The van der Waals surface area contributed by atoms with Crippen LogP contribution in [-0.4, -0.2) is 5.11 Å². The minimum atomic E-state index is 0.0639. The van der Waals surface area contributed by atoms with Crippen LogP contribution in [0.3, 0.4) is 0 Å². The van der Waals surface area contributed by atoms with Gasteiger partial charge in [0.1, 0.15) is 0 Å². The lowest BCUT2D eigenvalue weighted by Gasteiger charge is -2.03. The molecule has 0 aliphatic carbocycles. The Labute approximate surface area is 99.4 Å². The van der Waals surface area contributed by atoms with Gasteiger partial charge in [0.15, 0.2) is 0 Å². The second kappa shape index (κ2) is 4.19. The standard InChI is InChI=1S/C10H8BrClOS/c11-8-5-14-10-6(3-12)1-2-7(4-13)9(8)10/h1-2,5,13H,3-4H2. The van der Waals surface area contributed by atoms with Crippen LogP contribution in [0.25, 0.3) is 10.1 Å². The Morgan fingerprint density at radius 3 is 2.71 bits per heavy atom. The largest absolute Gasteiger partial charge is 0.392 e. The van der Waals surface area contributed by atoms with Crippen LogP contribution in [0.4, 0.5) is 0 Å². The maximum Gasteiger partial charge on any atom is 0.0688 e. The van der Waals surface area contributed by atoms with Crippen molar-refractivity contribution >= 4 is 49.0 Å². The highest BCUT2D eigenvalue weighted by atomic mass is 79.9. The number of fused-ring (bicyclic) bond motifs is 1. The Bertz CT molecular complexity index is 466. The molecule has 1 aromatic heterocycles. The Balaban J connectivity index is 2.81. The summed E-state index contributed by atoms with van der Waals surface area (Å²) >= 11 is 11.0. The molecular formula is C10H8BrClOS. The maximum absolute atomic E-state index is 9.19. The molecule has 14 heavy (non-hydrogen) atoms. The van der Waals surface area contributed by atoms with Crippen LogP contribution in [0.2, 0.25) is 0 Å². The van der Waals surface area contributed by atoms with E-state index in [9.17, 15) is 5.11 Å². The molecule has 1 N–H and O–H groups in total. The summed E-state index contributed by atoms with van der Waals surface area (Å²) in [5, 5.41) is 12.3. The van der Waals surface area contributed by atoms with E-state index in [1.54, 1.807) is 11.3 Å². The lowest BCUT2D eigenvalue weighted by Crippen LogP contribution is -1.87. The molecule has 1 aromatic carbocycles. The van der Waals surface area contributed by atoms with Crippen LogP contribution < -0.4 is 0 Å². The van der Waals surface area contributed by atoms with Crippen molar-refractivity contribution in [1.29, 1.82) is 0 Å². The lowest BCUT2D eigenvalue weighted by atomic mass is 10.1. The van der Waals surface area contributed by atoms with Crippen molar-refractivity contribution in [1.82, 2.24) is 0 Å².